The number of aromatic hydroxyl groups is 1. The quantitative estimate of drug-likeness (QED) is 0.562. The Morgan fingerprint density at radius 3 is 2.65 bits per heavy atom. The number of phenols is 1. The number of hydrogen-bond acceptors (Lipinski definition) is 5. The highest BCUT2D eigenvalue weighted by Gasteiger charge is 2.29. The van der Waals surface area contributed by atoms with Crippen LogP contribution in [-0.2, 0) is 4.79 Å². The summed E-state index contributed by atoms with van der Waals surface area (Å²) < 4.78 is 6.93. The van der Waals surface area contributed by atoms with Gasteiger partial charge in [0.25, 0.3) is 5.91 Å². The summed E-state index contributed by atoms with van der Waals surface area (Å²) in [5.41, 5.74) is 0.463. The minimum Gasteiger partial charge on any atom is -0.504 e. The maximum atomic E-state index is 12.0. The number of carbonyl (C=O) groups excluding carboxylic acids is 1. The van der Waals surface area contributed by atoms with Crippen molar-refractivity contribution in [2.24, 2.45) is 0 Å². The molecule has 0 spiro atoms. The number of amides is 1. The van der Waals surface area contributed by atoms with Crippen molar-refractivity contribution in [2.75, 3.05) is 14.2 Å². The van der Waals surface area contributed by atoms with Gasteiger partial charge in [-0.05, 0) is 44.0 Å². The van der Waals surface area contributed by atoms with Crippen LogP contribution in [0.5, 0.6) is 11.5 Å². The summed E-state index contributed by atoms with van der Waals surface area (Å²) >= 11 is 13.0. The zero-order chi connectivity index (χ0) is 15.0. The molecule has 1 aliphatic rings. The molecule has 1 aromatic carbocycles. The number of thioether (sulfide) groups is 1. The summed E-state index contributed by atoms with van der Waals surface area (Å²) in [5.74, 6) is 0.0903. The average molecular weight is 439 g/mol. The lowest BCUT2D eigenvalue weighted by molar-refractivity contribution is -0.121. The van der Waals surface area contributed by atoms with E-state index in [1.54, 1.807) is 19.2 Å². The van der Waals surface area contributed by atoms with E-state index in [1.807, 2.05) is 0 Å². The van der Waals surface area contributed by atoms with Crippen molar-refractivity contribution in [3.63, 3.8) is 0 Å². The highest BCUT2D eigenvalue weighted by molar-refractivity contribution is 9.13. The third-order valence-electron chi connectivity index (χ3n) is 2.67. The molecule has 106 valence electrons. The molecule has 1 saturated heterocycles. The Morgan fingerprint density at radius 1 is 1.50 bits per heavy atom. The Kier molecular flexibility index (Phi) is 4.78. The average Bonchev–Trinajstić information content (AvgIpc) is 2.66. The first kappa shape index (κ1) is 15.8. The number of methoxy groups -OCH3 is 1. The number of carbonyl (C=O) groups is 1. The van der Waals surface area contributed by atoms with E-state index in [2.05, 4.69) is 31.9 Å². The fourth-order valence-corrected chi connectivity index (χ4v) is 3.58. The lowest BCUT2D eigenvalue weighted by Crippen LogP contribution is -2.22. The molecule has 1 heterocycles. The Morgan fingerprint density at radius 2 is 2.15 bits per heavy atom. The monoisotopic (exact) mass is 437 g/mol. The summed E-state index contributed by atoms with van der Waals surface area (Å²) in [6.07, 6.45) is 1.59. The smallest absolute Gasteiger partial charge is 0.265 e. The normalized spacial score (nSPS) is 17.2. The minimum atomic E-state index is -0.190. The highest BCUT2D eigenvalue weighted by atomic mass is 79.9. The Bertz CT molecular complexity index is 646. The maximum Gasteiger partial charge on any atom is 0.265 e. The van der Waals surface area contributed by atoms with E-state index in [1.165, 1.54) is 23.8 Å². The molecule has 0 atom stereocenters. The SMILES string of the molecule is COc1cc(Br)c(Br)c(C=C2SC(=S)N(C)C2=O)c1O. The molecule has 0 radical (unpaired) electrons. The van der Waals surface area contributed by atoms with Crippen LogP contribution in [0.1, 0.15) is 5.56 Å². The van der Waals surface area contributed by atoms with Gasteiger partial charge in [-0.25, -0.2) is 0 Å². The third kappa shape index (κ3) is 2.74. The molecule has 1 aliphatic heterocycles. The Labute approximate surface area is 142 Å². The molecular formula is C12H9Br2NO3S2. The van der Waals surface area contributed by atoms with Crippen LogP contribution in [0.4, 0.5) is 0 Å². The summed E-state index contributed by atoms with van der Waals surface area (Å²) in [7, 11) is 3.08. The molecule has 0 bridgehead atoms. The van der Waals surface area contributed by atoms with Crippen LogP contribution in [0.15, 0.2) is 19.9 Å². The number of hydrogen-bond donors (Lipinski definition) is 1. The standard InChI is InChI=1S/C12H9Br2NO3S2/c1-15-11(17)8(20-12(15)19)3-5-9(14)6(13)4-7(18-2)10(5)16/h3-4,16H,1-2H3. The first-order valence-corrected chi connectivity index (χ1v) is 8.14. The molecule has 0 saturated carbocycles. The topological polar surface area (TPSA) is 49.8 Å². The molecule has 20 heavy (non-hydrogen) atoms. The van der Waals surface area contributed by atoms with E-state index < -0.39 is 0 Å². The van der Waals surface area contributed by atoms with Gasteiger partial charge in [0.1, 0.15) is 4.32 Å². The van der Waals surface area contributed by atoms with Crippen molar-refractivity contribution in [2.45, 2.75) is 0 Å². The van der Waals surface area contributed by atoms with Crippen molar-refractivity contribution >= 4 is 72.1 Å². The number of benzene rings is 1. The second-order valence-electron chi connectivity index (χ2n) is 3.88. The van der Waals surface area contributed by atoms with Gasteiger partial charge in [-0.3, -0.25) is 9.69 Å². The lowest BCUT2D eigenvalue weighted by Gasteiger charge is -2.10. The maximum absolute atomic E-state index is 12.0. The largest absolute Gasteiger partial charge is 0.504 e. The van der Waals surface area contributed by atoms with Crippen LogP contribution in [-0.4, -0.2) is 34.4 Å². The molecule has 0 unspecified atom stereocenters. The van der Waals surface area contributed by atoms with Gasteiger partial charge in [0, 0.05) is 21.6 Å². The van der Waals surface area contributed by atoms with Crippen molar-refractivity contribution in [1.82, 2.24) is 4.90 Å². The molecule has 1 N–H and O–H groups in total. The summed E-state index contributed by atoms with van der Waals surface area (Å²) in [6, 6.07) is 1.64. The van der Waals surface area contributed by atoms with Crippen LogP contribution in [0, 0.1) is 0 Å². The zero-order valence-electron chi connectivity index (χ0n) is 10.4. The number of ether oxygens (including phenoxy) is 1. The number of halogens is 2. The highest BCUT2D eigenvalue weighted by Crippen LogP contribution is 2.43. The van der Waals surface area contributed by atoms with Gasteiger partial charge in [-0.15, -0.1) is 0 Å². The van der Waals surface area contributed by atoms with Crippen LogP contribution >= 0.6 is 55.8 Å². The number of likely N-dealkylation sites (N-methyl/N-ethyl adjacent to an activating group) is 1. The molecule has 8 heteroatoms. The number of phenolic OH excluding ortho intramolecular Hbond substituents is 1. The van der Waals surface area contributed by atoms with E-state index in [9.17, 15) is 9.90 Å². The molecule has 0 aromatic heterocycles. The second-order valence-corrected chi connectivity index (χ2v) is 7.20. The minimum absolute atomic E-state index is 0.0380. The fourth-order valence-electron chi connectivity index (χ4n) is 1.58. The van der Waals surface area contributed by atoms with Crippen molar-refractivity contribution in [1.29, 1.82) is 0 Å². The molecule has 1 fully saturated rings. The van der Waals surface area contributed by atoms with Crippen LogP contribution in [0.25, 0.3) is 6.08 Å². The summed E-state index contributed by atoms with van der Waals surface area (Å²) in [4.78, 5) is 13.8. The van der Waals surface area contributed by atoms with Crippen LogP contribution < -0.4 is 4.74 Å². The van der Waals surface area contributed by atoms with Gasteiger partial charge in [-0.1, -0.05) is 24.0 Å². The fraction of sp³-hybridized carbons (Fsp3) is 0.167. The predicted octanol–water partition coefficient (Wildman–Crippen LogP) is 3.76. The lowest BCUT2D eigenvalue weighted by atomic mass is 10.1. The van der Waals surface area contributed by atoms with Crippen molar-refractivity contribution in [3.8, 4) is 11.5 Å². The van der Waals surface area contributed by atoms with Crippen LogP contribution in [0.3, 0.4) is 0 Å². The number of rotatable bonds is 2. The van der Waals surface area contributed by atoms with E-state index >= 15 is 0 Å². The van der Waals surface area contributed by atoms with Crippen LogP contribution in [0.2, 0.25) is 0 Å². The zero-order valence-corrected chi connectivity index (χ0v) is 15.2. The van der Waals surface area contributed by atoms with Gasteiger partial charge >= 0.3 is 0 Å². The van der Waals surface area contributed by atoms with Crippen molar-refractivity contribution < 1.29 is 14.6 Å². The van der Waals surface area contributed by atoms with Gasteiger partial charge in [-0.2, -0.15) is 0 Å². The predicted molar refractivity (Wildman–Crippen MR) is 91.0 cm³/mol. The molecule has 4 nitrogen and oxygen atoms in total. The van der Waals surface area contributed by atoms with Gasteiger partial charge in [0.15, 0.2) is 11.5 Å². The first-order chi connectivity index (χ1) is 9.36. The van der Waals surface area contributed by atoms with Gasteiger partial charge in [0.05, 0.1) is 12.0 Å². The summed E-state index contributed by atoms with van der Waals surface area (Å²) in [6.45, 7) is 0. The second kappa shape index (κ2) is 6.05. The molecular weight excluding hydrogens is 430 g/mol. The van der Waals surface area contributed by atoms with Gasteiger partial charge in [0.2, 0.25) is 0 Å². The number of nitrogens with zero attached hydrogens (tertiary/aromatic N) is 1. The number of thiocarbonyl (C=S) groups is 1. The summed E-state index contributed by atoms with van der Waals surface area (Å²) in [5, 5.41) is 10.2. The van der Waals surface area contributed by atoms with E-state index in [0.717, 1.165) is 0 Å². The Hall–Kier alpha value is -0.570. The van der Waals surface area contributed by atoms with Gasteiger partial charge < -0.3 is 9.84 Å². The molecule has 1 amide bonds. The van der Waals surface area contributed by atoms with E-state index in [-0.39, 0.29) is 11.7 Å². The molecule has 0 aliphatic carbocycles. The van der Waals surface area contributed by atoms with E-state index in [0.29, 0.717) is 29.5 Å². The van der Waals surface area contributed by atoms with E-state index in [4.69, 9.17) is 17.0 Å². The Balaban J connectivity index is 2.57. The third-order valence-corrected chi connectivity index (χ3v) is 6.17. The first-order valence-electron chi connectivity index (χ1n) is 5.33. The molecule has 1 aromatic rings. The van der Waals surface area contributed by atoms with Crippen molar-refractivity contribution in [3.05, 3.63) is 25.5 Å². The molecule has 2 rings (SSSR count).